The van der Waals surface area contributed by atoms with Crippen molar-refractivity contribution in [1.82, 2.24) is 10.6 Å². The Kier molecular flexibility index (Phi) is 35.0. The minimum absolute atomic E-state index is 0.0126. The largest absolute Gasteiger partial charge is 0.465 e. The van der Waals surface area contributed by atoms with Crippen LogP contribution in [0.5, 0.6) is 0 Å². The maximum absolute atomic E-state index is 16.1. The van der Waals surface area contributed by atoms with Gasteiger partial charge in [-0.3, -0.25) is 47.9 Å². The predicted octanol–water partition coefficient (Wildman–Crippen LogP) is 6.55. The van der Waals surface area contributed by atoms with Crippen LogP contribution >= 0.6 is 0 Å². The Morgan fingerprint density at radius 3 is 1.30 bits per heavy atom. The van der Waals surface area contributed by atoms with Gasteiger partial charge in [0.1, 0.15) is 80.3 Å². The minimum Gasteiger partial charge on any atom is -0.465 e. The van der Waals surface area contributed by atoms with E-state index < -0.39 is 232 Å². The highest BCUT2D eigenvalue weighted by molar-refractivity contribution is 5.79. The number of ether oxygens (including phenoxy) is 21. The van der Waals surface area contributed by atoms with E-state index in [2.05, 4.69) is 10.6 Å². The van der Waals surface area contributed by atoms with Gasteiger partial charge in [0.2, 0.25) is 11.8 Å². The lowest BCUT2D eigenvalue weighted by atomic mass is 9.87. The van der Waals surface area contributed by atoms with Gasteiger partial charge >= 0.3 is 53.7 Å². The Hall–Kier alpha value is -10.2. The standard InChI is InChI=1S/C86H106N2O32/c1-49(89)87-68-63(108-53(5)93)39-86(84(99)100-13,119-75(68)71(111-56(8)96)66(109-54(6)94)47-103-51(3)91)120-77-73(116-80-69(88-50(2)90)74(112-57(9)97)70(110-55(7)95)67(113-80)48-104-52(4)92)65(46-102-41-59-31-21-15-22-32-59)115-82(78(77)106-43-61-35-25-17-26-36-61)117-72-64(45-101-40-58-29-19-14-20-30-58)114-81(107-44-62-37-27-18-28-38-62)79(118-83(98)85(10,11)12)76(72)105-42-60-33-23-16-24-34-60/h14-38,63-82H,39-48H2,1-13H3,(H,87,89)(H,88,90)/t63-,64+,65+,66+,67+,68+,69+,70-,71+,72+,73-,74+,75+,76-,77-,78+,79+,80-,81+,82-,86-/m0/s1. The summed E-state index contributed by atoms with van der Waals surface area (Å²) >= 11 is 0. The van der Waals surface area contributed by atoms with E-state index in [4.69, 9.17) is 99.5 Å². The fourth-order valence-electron chi connectivity index (χ4n) is 14.0. The number of hydrogen-bond donors (Lipinski definition) is 2. The van der Waals surface area contributed by atoms with E-state index in [0.717, 1.165) is 75.0 Å². The first kappa shape index (κ1) is 93.7. The molecule has 0 radical (unpaired) electrons. The normalized spacial score (nSPS) is 27.1. The zero-order valence-electron chi connectivity index (χ0n) is 69.1. The van der Waals surface area contributed by atoms with Crippen LogP contribution in [0.1, 0.15) is 117 Å². The van der Waals surface area contributed by atoms with Gasteiger partial charge in [-0.2, -0.15) is 0 Å². The third-order valence-corrected chi connectivity index (χ3v) is 19.1. The Morgan fingerprint density at radius 2 is 0.842 bits per heavy atom. The number of methoxy groups -OCH3 is 1. The summed E-state index contributed by atoms with van der Waals surface area (Å²) in [6, 6.07) is 41.1. The van der Waals surface area contributed by atoms with Gasteiger partial charge in [0, 0.05) is 62.3 Å². The summed E-state index contributed by atoms with van der Waals surface area (Å²) in [5.74, 6) is -14.0. The lowest BCUT2D eigenvalue weighted by Crippen LogP contribution is -2.73. The number of esters is 9. The SMILES string of the molecule is COC(=O)[C@@]1(O[C@H]2[C@@H](O[C@@H]3O[C@H](COC(C)=O)[C@H](OC(C)=O)[C@H](OC(C)=O)[C@H]3NC(C)=O)[C@@H](COCc3ccccc3)O[C@@H](O[C@H]3[C@H](OCc4ccccc4)[C@@H](OC(=O)C(C)(C)C)[C@H](OCc4ccccc4)O[C@@H]3COCc3ccccc3)[C@@H]2OCc2ccccc2)C[C@H](OC(C)=O)[C@@H](NC(C)=O)[C@H]([C@H](OC(C)=O)[C@@H](COC(C)=O)OC(C)=O)O1. The Bertz CT molecular complexity index is 4180. The molecule has 0 saturated carbocycles. The molecule has 4 saturated heterocycles. The first-order chi connectivity index (χ1) is 57.3. The van der Waals surface area contributed by atoms with Crippen LogP contribution in [-0.4, -0.2) is 227 Å². The van der Waals surface area contributed by atoms with Crippen molar-refractivity contribution >= 4 is 65.5 Å². The van der Waals surface area contributed by atoms with Gasteiger partial charge in [-0.1, -0.05) is 152 Å². The topological polar surface area (TPSA) is 406 Å². The zero-order chi connectivity index (χ0) is 86.8. The van der Waals surface area contributed by atoms with Crippen molar-refractivity contribution in [3.8, 4) is 0 Å². The summed E-state index contributed by atoms with van der Waals surface area (Å²) in [5, 5.41) is 5.39. The minimum atomic E-state index is -3.21. The summed E-state index contributed by atoms with van der Waals surface area (Å²) in [7, 11) is 0.927. The van der Waals surface area contributed by atoms with Crippen molar-refractivity contribution in [2.24, 2.45) is 5.41 Å². The van der Waals surface area contributed by atoms with Crippen LogP contribution in [0.2, 0.25) is 0 Å². The lowest BCUT2D eigenvalue weighted by molar-refractivity contribution is -0.407. The average molecular weight is 1680 g/mol. The molecule has 0 aliphatic carbocycles. The molecule has 0 unspecified atom stereocenters. The van der Waals surface area contributed by atoms with E-state index >= 15 is 4.79 Å². The van der Waals surface area contributed by atoms with Gasteiger partial charge in [-0.05, 0) is 48.6 Å². The number of hydrogen-bond acceptors (Lipinski definition) is 32. The number of benzene rings is 5. The molecule has 5 aromatic rings. The molecule has 0 bridgehead atoms. The fourth-order valence-corrected chi connectivity index (χ4v) is 14.0. The average Bonchev–Trinajstić information content (AvgIpc) is 0.736. The molecule has 34 nitrogen and oxygen atoms in total. The van der Waals surface area contributed by atoms with Gasteiger partial charge in [0.05, 0.1) is 71.2 Å². The molecular formula is C86H106N2O32. The monoisotopic (exact) mass is 1680 g/mol. The smallest absolute Gasteiger partial charge is 0.366 e. The Balaban J connectivity index is 1.37. The van der Waals surface area contributed by atoms with Crippen molar-refractivity contribution in [2.75, 3.05) is 33.5 Å². The number of carbonyl (C=O) groups excluding carboxylic acids is 11. The maximum Gasteiger partial charge on any atom is 0.366 e. The Labute approximate surface area is 694 Å². The van der Waals surface area contributed by atoms with Gasteiger partial charge in [-0.15, -0.1) is 0 Å². The summed E-state index contributed by atoms with van der Waals surface area (Å²) in [4.78, 5) is 152. The maximum atomic E-state index is 16.1. The molecule has 4 aliphatic rings. The third-order valence-electron chi connectivity index (χ3n) is 19.1. The highest BCUT2D eigenvalue weighted by Gasteiger charge is 2.65. The van der Waals surface area contributed by atoms with Gasteiger partial charge in [-0.25, -0.2) is 4.79 Å². The van der Waals surface area contributed by atoms with E-state index in [1.807, 2.05) is 60.7 Å². The van der Waals surface area contributed by atoms with E-state index in [9.17, 15) is 47.9 Å². The lowest BCUT2D eigenvalue weighted by Gasteiger charge is -2.54. The number of carbonyl (C=O) groups is 11. The fraction of sp³-hybridized carbons (Fsp3) is 0.523. The van der Waals surface area contributed by atoms with Crippen LogP contribution in [0.3, 0.4) is 0 Å². The quantitative estimate of drug-likeness (QED) is 0.0312. The molecule has 4 fully saturated rings. The van der Waals surface area contributed by atoms with Crippen LogP contribution in [0.15, 0.2) is 152 Å². The van der Waals surface area contributed by atoms with Crippen LogP contribution < -0.4 is 10.6 Å². The van der Waals surface area contributed by atoms with E-state index in [1.165, 1.54) is 0 Å². The molecular weight excluding hydrogens is 1570 g/mol. The molecule has 0 spiro atoms. The number of amides is 2. The predicted molar refractivity (Wildman–Crippen MR) is 414 cm³/mol. The molecule has 4 aliphatic heterocycles. The molecule has 2 amide bonds. The number of rotatable bonds is 38. The number of nitrogens with one attached hydrogen (secondary N) is 2. The van der Waals surface area contributed by atoms with Crippen LogP contribution in [0.4, 0.5) is 0 Å². The van der Waals surface area contributed by atoms with Gasteiger partial charge in [0.15, 0.2) is 49.4 Å². The second-order valence-electron chi connectivity index (χ2n) is 30.0. The molecule has 0 aromatic heterocycles. The van der Waals surface area contributed by atoms with Crippen molar-refractivity contribution in [2.45, 2.75) is 251 Å². The molecule has 652 valence electrons. The van der Waals surface area contributed by atoms with Crippen LogP contribution in [0, 0.1) is 5.41 Å². The van der Waals surface area contributed by atoms with Crippen molar-refractivity contribution in [1.29, 1.82) is 0 Å². The summed E-state index contributed by atoms with van der Waals surface area (Å²) in [6.07, 6.45) is -34.0. The van der Waals surface area contributed by atoms with Gasteiger partial charge < -0.3 is 110 Å². The second kappa shape index (κ2) is 44.9. The van der Waals surface area contributed by atoms with Crippen molar-refractivity contribution in [3.05, 3.63) is 179 Å². The molecule has 2 N–H and O–H groups in total. The molecule has 120 heavy (non-hydrogen) atoms. The molecule has 5 aromatic carbocycles. The van der Waals surface area contributed by atoms with E-state index in [0.29, 0.717) is 22.3 Å². The Morgan fingerprint density at radius 1 is 0.417 bits per heavy atom. The molecule has 34 heteroatoms. The van der Waals surface area contributed by atoms with E-state index in [1.54, 1.807) is 112 Å². The third kappa shape index (κ3) is 27.4. The zero-order valence-corrected chi connectivity index (χ0v) is 69.1. The van der Waals surface area contributed by atoms with Gasteiger partial charge in [0.25, 0.3) is 5.79 Å². The molecule has 9 rings (SSSR count). The summed E-state index contributed by atoms with van der Waals surface area (Å²) in [5.41, 5.74) is 1.93. The van der Waals surface area contributed by atoms with E-state index in [-0.39, 0.29) is 33.0 Å². The summed E-state index contributed by atoms with van der Waals surface area (Å²) in [6.45, 7) is 10.6. The first-order valence-corrected chi connectivity index (χ1v) is 39.1. The molecule has 21 atom stereocenters. The molecule has 4 heterocycles. The van der Waals surface area contributed by atoms with Crippen molar-refractivity contribution in [3.63, 3.8) is 0 Å². The summed E-state index contributed by atoms with van der Waals surface area (Å²) < 4.78 is 138. The second-order valence-corrected chi connectivity index (χ2v) is 30.0. The highest BCUT2D eigenvalue weighted by atomic mass is 16.8. The van der Waals surface area contributed by atoms with Crippen LogP contribution in [0.25, 0.3) is 0 Å². The van der Waals surface area contributed by atoms with Crippen LogP contribution in [-0.2, 0) is 185 Å². The highest BCUT2D eigenvalue weighted by Crippen LogP contribution is 2.44. The first-order valence-electron chi connectivity index (χ1n) is 39.1. The van der Waals surface area contributed by atoms with Crippen molar-refractivity contribution < 1.29 is 152 Å².